The van der Waals surface area contributed by atoms with Gasteiger partial charge in [0.15, 0.2) is 6.61 Å². The van der Waals surface area contributed by atoms with Gasteiger partial charge >= 0.3 is 18.7 Å². The zero-order chi connectivity index (χ0) is 21.4. The molecule has 7 nitrogen and oxygen atoms in total. The molecule has 0 spiro atoms. The van der Waals surface area contributed by atoms with E-state index in [1.807, 2.05) is 0 Å². The van der Waals surface area contributed by atoms with Crippen molar-refractivity contribution in [2.45, 2.75) is 20.5 Å². The van der Waals surface area contributed by atoms with E-state index in [9.17, 15) is 23.2 Å². The van der Waals surface area contributed by atoms with E-state index in [4.69, 9.17) is 9.47 Å². The van der Waals surface area contributed by atoms with Gasteiger partial charge in [0.2, 0.25) is 5.78 Å². The smallest absolute Gasteiger partial charge is 0.411 e. The Morgan fingerprint density at radius 3 is 2.52 bits per heavy atom. The van der Waals surface area contributed by atoms with Crippen LogP contribution in [-0.4, -0.2) is 37.7 Å². The van der Waals surface area contributed by atoms with E-state index in [1.54, 1.807) is 19.9 Å². The number of carbonyl (C=O) groups excluding carboxylic acids is 3. The molecule has 1 amide bonds. The molecule has 2 rings (SSSR count). The number of anilines is 1. The third-order valence-electron chi connectivity index (χ3n) is 3.61. The molecule has 0 saturated heterocycles. The monoisotopic (exact) mass is 407 g/mol. The minimum absolute atomic E-state index is 0.0837. The van der Waals surface area contributed by atoms with E-state index in [-0.39, 0.29) is 23.5 Å². The SMILES string of the molecule is CCOC(=O)Nc1cccc(C(=O)OCC(=O)c2cc(C)ccc2OC(F)F)c1. The molecule has 0 unspecified atom stereocenters. The van der Waals surface area contributed by atoms with Gasteiger partial charge < -0.3 is 14.2 Å². The second-order valence-electron chi connectivity index (χ2n) is 5.80. The number of rotatable bonds is 8. The lowest BCUT2D eigenvalue weighted by molar-refractivity contribution is -0.0502. The van der Waals surface area contributed by atoms with E-state index >= 15 is 0 Å². The van der Waals surface area contributed by atoms with Crippen molar-refractivity contribution in [2.24, 2.45) is 0 Å². The molecule has 2 aromatic rings. The Kier molecular flexibility index (Phi) is 7.64. The Balaban J connectivity index is 2.05. The molecule has 0 bridgehead atoms. The summed E-state index contributed by atoms with van der Waals surface area (Å²) in [6.45, 7) is -0.252. The molecule has 154 valence electrons. The van der Waals surface area contributed by atoms with Gasteiger partial charge in [-0.1, -0.05) is 17.7 Å². The molecule has 1 N–H and O–H groups in total. The predicted molar refractivity (Wildman–Crippen MR) is 99.5 cm³/mol. The Bertz CT molecular complexity index is 900. The van der Waals surface area contributed by atoms with Crippen molar-refractivity contribution >= 4 is 23.5 Å². The largest absolute Gasteiger partial charge is 0.454 e. The molecule has 0 fully saturated rings. The van der Waals surface area contributed by atoms with Gasteiger partial charge in [0.1, 0.15) is 5.75 Å². The molecular weight excluding hydrogens is 388 g/mol. The molecule has 0 radical (unpaired) electrons. The van der Waals surface area contributed by atoms with Crippen molar-refractivity contribution in [3.05, 3.63) is 59.2 Å². The summed E-state index contributed by atoms with van der Waals surface area (Å²) >= 11 is 0. The summed E-state index contributed by atoms with van der Waals surface area (Å²) in [5.74, 6) is -1.82. The van der Waals surface area contributed by atoms with E-state index < -0.39 is 31.1 Å². The second kappa shape index (κ2) is 10.2. The number of esters is 1. The maximum atomic E-state index is 12.5. The van der Waals surface area contributed by atoms with Crippen LogP contribution in [0.15, 0.2) is 42.5 Å². The average molecular weight is 407 g/mol. The number of ether oxygens (including phenoxy) is 3. The lowest BCUT2D eigenvalue weighted by Crippen LogP contribution is -2.17. The number of hydrogen-bond acceptors (Lipinski definition) is 6. The third kappa shape index (κ3) is 6.56. The molecule has 0 aliphatic rings. The van der Waals surface area contributed by atoms with Gasteiger partial charge in [0, 0.05) is 5.69 Å². The van der Waals surface area contributed by atoms with E-state index in [1.165, 1.54) is 36.4 Å². The minimum atomic E-state index is -3.10. The van der Waals surface area contributed by atoms with E-state index in [0.29, 0.717) is 11.3 Å². The van der Waals surface area contributed by atoms with Gasteiger partial charge in [-0.05, 0) is 44.2 Å². The number of amides is 1. The van der Waals surface area contributed by atoms with Gasteiger partial charge in [-0.25, -0.2) is 9.59 Å². The van der Waals surface area contributed by atoms with Gasteiger partial charge in [-0.2, -0.15) is 8.78 Å². The summed E-state index contributed by atoms with van der Waals surface area (Å²) < 4.78 is 39.1. The van der Waals surface area contributed by atoms with Gasteiger partial charge in [0.25, 0.3) is 0 Å². The first-order valence-corrected chi connectivity index (χ1v) is 8.59. The van der Waals surface area contributed by atoms with Crippen molar-refractivity contribution in [1.29, 1.82) is 0 Å². The average Bonchev–Trinajstić information content (AvgIpc) is 2.67. The predicted octanol–water partition coefficient (Wildman–Crippen LogP) is 4.20. The quantitative estimate of drug-likeness (QED) is 0.521. The Labute approximate surface area is 165 Å². The molecule has 0 aliphatic heterocycles. The summed E-state index contributed by atoms with van der Waals surface area (Å²) in [4.78, 5) is 36.0. The van der Waals surface area contributed by atoms with E-state index in [2.05, 4.69) is 10.1 Å². The lowest BCUT2D eigenvalue weighted by Gasteiger charge is -2.11. The number of aryl methyl sites for hydroxylation is 1. The number of nitrogens with one attached hydrogen (secondary N) is 1. The Hall–Kier alpha value is -3.49. The first-order chi connectivity index (χ1) is 13.8. The lowest BCUT2D eigenvalue weighted by atomic mass is 10.1. The van der Waals surface area contributed by atoms with Crippen molar-refractivity contribution in [2.75, 3.05) is 18.5 Å². The summed E-state index contributed by atoms with van der Waals surface area (Å²) in [7, 11) is 0. The van der Waals surface area contributed by atoms with Gasteiger partial charge in [0.05, 0.1) is 17.7 Å². The number of Topliss-reactive ketones (excluding diaryl/α,β-unsaturated/α-hetero) is 1. The van der Waals surface area contributed by atoms with E-state index in [0.717, 1.165) is 0 Å². The molecule has 29 heavy (non-hydrogen) atoms. The standard InChI is InChI=1S/C20H19F2NO6/c1-3-27-20(26)23-14-6-4-5-13(10-14)18(25)28-11-16(24)15-9-12(2)7-8-17(15)29-19(21)22/h4-10,19H,3,11H2,1-2H3,(H,23,26). The third-order valence-corrected chi connectivity index (χ3v) is 3.61. The van der Waals surface area contributed by atoms with Crippen molar-refractivity contribution in [3.8, 4) is 5.75 Å². The van der Waals surface area contributed by atoms with Crippen LogP contribution in [0.3, 0.4) is 0 Å². The Morgan fingerprint density at radius 1 is 1.07 bits per heavy atom. The molecule has 9 heteroatoms. The number of halogens is 2. The topological polar surface area (TPSA) is 90.9 Å². The van der Waals surface area contributed by atoms with Gasteiger partial charge in [-0.3, -0.25) is 10.1 Å². The van der Waals surface area contributed by atoms with Crippen LogP contribution >= 0.6 is 0 Å². The maximum absolute atomic E-state index is 12.5. The van der Waals surface area contributed by atoms with Crippen molar-refractivity contribution < 1.29 is 37.4 Å². The number of carbonyl (C=O) groups is 3. The van der Waals surface area contributed by atoms with Crippen LogP contribution in [0.2, 0.25) is 0 Å². The van der Waals surface area contributed by atoms with Crippen molar-refractivity contribution in [1.82, 2.24) is 0 Å². The molecule has 0 saturated carbocycles. The molecule has 0 aromatic heterocycles. The fourth-order valence-corrected chi connectivity index (χ4v) is 2.36. The van der Waals surface area contributed by atoms with Crippen LogP contribution in [0.25, 0.3) is 0 Å². The van der Waals surface area contributed by atoms with Crippen LogP contribution < -0.4 is 10.1 Å². The molecule has 0 atom stereocenters. The highest BCUT2D eigenvalue weighted by Gasteiger charge is 2.18. The summed E-state index contributed by atoms with van der Waals surface area (Å²) in [5, 5.41) is 2.44. The maximum Gasteiger partial charge on any atom is 0.411 e. The molecule has 0 heterocycles. The van der Waals surface area contributed by atoms with Crippen LogP contribution in [0.5, 0.6) is 5.75 Å². The fraction of sp³-hybridized carbons (Fsp3) is 0.250. The van der Waals surface area contributed by atoms with Crippen molar-refractivity contribution in [3.63, 3.8) is 0 Å². The fourth-order valence-electron chi connectivity index (χ4n) is 2.36. The summed E-state index contributed by atoms with van der Waals surface area (Å²) in [5.41, 5.74) is 0.922. The summed E-state index contributed by atoms with van der Waals surface area (Å²) in [6.07, 6.45) is -0.681. The van der Waals surface area contributed by atoms with Crippen LogP contribution in [-0.2, 0) is 9.47 Å². The number of alkyl halides is 2. The van der Waals surface area contributed by atoms with Crippen LogP contribution in [0.4, 0.5) is 19.3 Å². The first kappa shape index (κ1) is 21.8. The Morgan fingerprint density at radius 2 is 1.83 bits per heavy atom. The summed E-state index contributed by atoms with van der Waals surface area (Å²) in [6, 6.07) is 9.97. The normalized spacial score (nSPS) is 10.4. The highest BCUT2D eigenvalue weighted by Crippen LogP contribution is 2.23. The number of ketones is 1. The molecule has 0 aliphatic carbocycles. The zero-order valence-electron chi connectivity index (χ0n) is 15.7. The zero-order valence-corrected chi connectivity index (χ0v) is 15.7. The number of benzene rings is 2. The molecular formula is C20H19F2NO6. The van der Waals surface area contributed by atoms with Gasteiger partial charge in [-0.15, -0.1) is 0 Å². The highest BCUT2D eigenvalue weighted by molar-refractivity contribution is 6.01. The molecule has 2 aromatic carbocycles. The number of hydrogen-bond donors (Lipinski definition) is 1. The highest BCUT2D eigenvalue weighted by atomic mass is 19.3. The minimum Gasteiger partial charge on any atom is -0.454 e. The van der Waals surface area contributed by atoms with Crippen LogP contribution in [0.1, 0.15) is 33.2 Å². The van der Waals surface area contributed by atoms with Crippen LogP contribution in [0, 0.1) is 6.92 Å². The second-order valence-corrected chi connectivity index (χ2v) is 5.80. The first-order valence-electron chi connectivity index (χ1n) is 8.59.